The molecule has 2 saturated heterocycles. The number of imide groups is 1. The molecule has 0 aromatic heterocycles. The maximum atomic E-state index is 13.8. The lowest BCUT2D eigenvalue weighted by molar-refractivity contribution is -0.126. The lowest BCUT2D eigenvalue weighted by Gasteiger charge is -2.29. The summed E-state index contributed by atoms with van der Waals surface area (Å²) in [4.78, 5) is 47.1. The number of hydrogen-bond acceptors (Lipinski definition) is 6. The summed E-state index contributed by atoms with van der Waals surface area (Å²) in [6, 6.07) is 19.8. The molecular formula is C26H20Cl2N2O5. The zero-order valence-corrected chi connectivity index (χ0v) is 20.1. The van der Waals surface area contributed by atoms with E-state index in [4.69, 9.17) is 32.8 Å². The Morgan fingerprint density at radius 2 is 1.69 bits per heavy atom. The van der Waals surface area contributed by atoms with Gasteiger partial charge in [0.1, 0.15) is 5.92 Å². The van der Waals surface area contributed by atoms with Crippen molar-refractivity contribution in [3.8, 4) is 0 Å². The molecule has 178 valence electrons. The zero-order valence-electron chi connectivity index (χ0n) is 18.6. The van der Waals surface area contributed by atoms with Crippen LogP contribution in [0, 0.1) is 5.92 Å². The third kappa shape index (κ3) is 3.95. The van der Waals surface area contributed by atoms with Crippen molar-refractivity contribution in [2.45, 2.75) is 19.1 Å². The van der Waals surface area contributed by atoms with Crippen LogP contribution in [0.5, 0.6) is 0 Å². The summed E-state index contributed by atoms with van der Waals surface area (Å²) in [6.07, 6.45) is -1.10. The number of hydrogen-bond donors (Lipinski definition) is 0. The highest BCUT2D eigenvalue weighted by Crippen LogP contribution is 2.49. The number of benzene rings is 3. The second-order valence-electron chi connectivity index (χ2n) is 8.07. The van der Waals surface area contributed by atoms with Crippen molar-refractivity contribution in [1.82, 2.24) is 0 Å². The van der Waals surface area contributed by atoms with E-state index < -0.39 is 35.8 Å². The van der Waals surface area contributed by atoms with Crippen LogP contribution in [0.4, 0.5) is 11.4 Å². The monoisotopic (exact) mass is 510 g/mol. The van der Waals surface area contributed by atoms with Crippen LogP contribution >= 0.6 is 23.2 Å². The number of amides is 2. The van der Waals surface area contributed by atoms with Crippen molar-refractivity contribution in [3.63, 3.8) is 0 Å². The average Bonchev–Trinajstić information content (AvgIpc) is 3.35. The second kappa shape index (κ2) is 9.34. The van der Waals surface area contributed by atoms with Gasteiger partial charge in [0, 0.05) is 10.0 Å². The van der Waals surface area contributed by atoms with Crippen LogP contribution in [0.25, 0.3) is 0 Å². The van der Waals surface area contributed by atoms with E-state index in [1.807, 2.05) is 30.3 Å². The first kappa shape index (κ1) is 23.4. The van der Waals surface area contributed by atoms with Crippen LogP contribution in [-0.4, -0.2) is 30.5 Å². The number of fused-ring (bicyclic) bond motifs is 1. The molecule has 2 amide bonds. The van der Waals surface area contributed by atoms with Crippen molar-refractivity contribution in [2.24, 2.45) is 5.92 Å². The van der Waals surface area contributed by atoms with Crippen LogP contribution in [0.3, 0.4) is 0 Å². The Morgan fingerprint density at radius 1 is 0.971 bits per heavy atom. The number of carbonyl (C=O) groups excluding carboxylic acids is 3. The van der Waals surface area contributed by atoms with Crippen LogP contribution < -0.4 is 9.96 Å². The molecule has 0 N–H and O–H groups in total. The van der Waals surface area contributed by atoms with Crippen molar-refractivity contribution >= 4 is 52.4 Å². The van der Waals surface area contributed by atoms with Gasteiger partial charge in [-0.25, -0.2) is 14.8 Å². The van der Waals surface area contributed by atoms with E-state index in [9.17, 15) is 14.4 Å². The van der Waals surface area contributed by atoms with Crippen LogP contribution in [0.15, 0.2) is 72.8 Å². The summed E-state index contributed by atoms with van der Waals surface area (Å²) < 4.78 is 5.13. The van der Waals surface area contributed by atoms with Gasteiger partial charge in [-0.1, -0.05) is 59.6 Å². The molecule has 0 aliphatic carbocycles. The third-order valence-corrected chi connectivity index (χ3v) is 6.61. The molecule has 35 heavy (non-hydrogen) atoms. The van der Waals surface area contributed by atoms with Crippen LogP contribution in [-0.2, 0) is 19.2 Å². The van der Waals surface area contributed by atoms with Crippen molar-refractivity contribution in [1.29, 1.82) is 0 Å². The minimum atomic E-state index is -1.10. The first-order valence-electron chi connectivity index (χ1n) is 11.0. The summed E-state index contributed by atoms with van der Waals surface area (Å²) >= 11 is 12.7. The molecule has 3 atom stereocenters. The minimum absolute atomic E-state index is 0.122. The molecule has 3 unspecified atom stereocenters. The fourth-order valence-corrected chi connectivity index (χ4v) is 5.08. The first-order valence-corrected chi connectivity index (χ1v) is 11.8. The Kier molecular flexibility index (Phi) is 6.23. The highest BCUT2D eigenvalue weighted by Gasteiger charge is 2.61. The molecule has 2 aliphatic rings. The number of esters is 1. The van der Waals surface area contributed by atoms with Crippen LogP contribution in [0.2, 0.25) is 10.0 Å². The SMILES string of the molecule is CCOC(=O)c1ccccc1N1C(=O)C2ON(c3ccccc3)C(c3ccc(Cl)cc3Cl)C2C1=O. The maximum absolute atomic E-state index is 13.8. The topological polar surface area (TPSA) is 76.2 Å². The minimum Gasteiger partial charge on any atom is -0.462 e. The molecular weight excluding hydrogens is 491 g/mol. The van der Waals surface area contributed by atoms with Gasteiger partial charge in [0.2, 0.25) is 5.91 Å². The molecule has 5 rings (SSSR count). The maximum Gasteiger partial charge on any atom is 0.340 e. The Hall–Kier alpha value is -3.39. The van der Waals surface area contributed by atoms with Crippen molar-refractivity contribution in [3.05, 3.63) is 94.0 Å². The molecule has 0 saturated carbocycles. The molecule has 7 nitrogen and oxygen atoms in total. The summed E-state index contributed by atoms with van der Waals surface area (Å²) in [7, 11) is 0. The van der Waals surface area contributed by atoms with Gasteiger partial charge in [-0.3, -0.25) is 14.4 Å². The van der Waals surface area contributed by atoms with E-state index in [-0.39, 0.29) is 17.9 Å². The van der Waals surface area contributed by atoms with Gasteiger partial charge in [-0.15, -0.1) is 0 Å². The molecule has 2 heterocycles. The number of ether oxygens (including phenoxy) is 1. The number of halogens is 2. The van der Waals surface area contributed by atoms with E-state index >= 15 is 0 Å². The Balaban J connectivity index is 1.60. The molecule has 2 aliphatic heterocycles. The summed E-state index contributed by atoms with van der Waals surface area (Å²) in [5, 5.41) is 2.34. The molecule has 2 fully saturated rings. The molecule has 0 bridgehead atoms. The van der Waals surface area contributed by atoms with Gasteiger partial charge in [0.05, 0.1) is 29.6 Å². The molecule has 3 aromatic rings. The van der Waals surface area contributed by atoms with Crippen molar-refractivity contribution < 1.29 is 24.0 Å². The number of rotatable bonds is 5. The van der Waals surface area contributed by atoms with Gasteiger partial charge >= 0.3 is 5.97 Å². The molecule has 9 heteroatoms. The zero-order chi connectivity index (χ0) is 24.7. The average molecular weight is 511 g/mol. The van der Waals surface area contributed by atoms with Crippen LogP contribution in [0.1, 0.15) is 28.9 Å². The predicted octanol–water partition coefficient (Wildman–Crippen LogP) is 5.22. The predicted molar refractivity (Wildman–Crippen MR) is 131 cm³/mol. The first-order chi connectivity index (χ1) is 16.9. The van der Waals surface area contributed by atoms with E-state index in [0.717, 1.165) is 4.90 Å². The number of para-hydroxylation sites is 2. The van der Waals surface area contributed by atoms with E-state index in [1.165, 1.54) is 6.07 Å². The fourth-order valence-electron chi connectivity index (χ4n) is 4.56. The van der Waals surface area contributed by atoms with Crippen molar-refractivity contribution in [2.75, 3.05) is 16.6 Å². The molecule has 0 spiro atoms. The lowest BCUT2D eigenvalue weighted by atomic mass is 9.90. The molecule has 0 radical (unpaired) electrons. The summed E-state index contributed by atoms with van der Waals surface area (Å²) in [5.74, 6) is -2.59. The Morgan fingerprint density at radius 3 is 2.40 bits per heavy atom. The van der Waals surface area contributed by atoms with Gasteiger partial charge in [0.25, 0.3) is 5.91 Å². The Bertz CT molecular complexity index is 1320. The number of hydroxylamine groups is 1. The number of carbonyl (C=O) groups is 3. The third-order valence-electron chi connectivity index (χ3n) is 6.05. The second-order valence-corrected chi connectivity index (χ2v) is 8.92. The smallest absolute Gasteiger partial charge is 0.340 e. The quantitative estimate of drug-likeness (QED) is 0.346. The fraction of sp³-hybridized carbons (Fsp3) is 0.192. The lowest BCUT2D eigenvalue weighted by Crippen LogP contribution is -2.38. The van der Waals surface area contributed by atoms with Gasteiger partial charge in [0.15, 0.2) is 6.10 Å². The van der Waals surface area contributed by atoms with Gasteiger partial charge in [-0.05, 0) is 48.9 Å². The van der Waals surface area contributed by atoms with E-state index in [2.05, 4.69) is 0 Å². The van der Waals surface area contributed by atoms with E-state index in [0.29, 0.717) is 21.3 Å². The Labute approximate surface area is 211 Å². The largest absolute Gasteiger partial charge is 0.462 e. The highest BCUT2D eigenvalue weighted by atomic mass is 35.5. The number of anilines is 2. The number of nitrogens with zero attached hydrogens (tertiary/aromatic N) is 2. The van der Waals surface area contributed by atoms with E-state index in [1.54, 1.807) is 48.4 Å². The summed E-state index contributed by atoms with van der Waals surface area (Å²) in [5.41, 5.74) is 1.54. The highest BCUT2D eigenvalue weighted by molar-refractivity contribution is 6.35. The van der Waals surface area contributed by atoms with Gasteiger partial charge in [-0.2, -0.15) is 0 Å². The summed E-state index contributed by atoms with van der Waals surface area (Å²) in [6.45, 7) is 1.84. The standard InChI is InChI=1S/C26H20Cl2N2O5/c1-2-34-26(33)18-10-6-7-11-20(18)29-24(31)21-22(17-13-12-15(27)14-19(17)28)30(35-23(21)25(29)32)16-8-4-3-5-9-16/h3-14,21-23H,2H2,1H3. The van der Waals surface area contributed by atoms with Gasteiger partial charge < -0.3 is 4.74 Å². The normalized spacial score (nSPS) is 21.4. The molecule has 3 aromatic carbocycles.